The number of hydrogen-bond acceptors (Lipinski definition) is 4. The molecule has 1 aromatic carbocycles. The molecule has 5 heteroatoms. The lowest BCUT2D eigenvalue weighted by atomic mass is 9.88. The molecule has 3 rings (SSSR count). The first-order chi connectivity index (χ1) is 10.1. The number of aromatic nitrogens is 3. The molecule has 2 N–H and O–H groups in total. The molecule has 0 radical (unpaired) electrons. The number of nitrogens with two attached hydrogens (primary N) is 1. The van der Waals surface area contributed by atoms with Crippen LogP contribution in [0.2, 0.25) is 0 Å². The number of ether oxygens (including phenoxy) is 1. The van der Waals surface area contributed by atoms with E-state index in [9.17, 15) is 0 Å². The van der Waals surface area contributed by atoms with Crippen LogP contribution < -0.4 is 5.73 Å². The molecular formula is C16H22N4O. The monoisotopic (exact) mass is 286 g/mol. The van der Waals surface area contributed by atoms with Crippen LogP contribution in [0.5, 0.6) is 0 Å². The second-order valence-electron chi connectivity index (χ2n) is 5.78. The quantitative estimate of drug-likeness (QED) is 0.940. The first-order valence-electron chi connectivity index (χ1n) is 7.48. The summed E-state index contributed by atoms with van der Waals surface area (Å²) in [7, 11) is 0. The highest BCUT2D eigenvalue weighted by molar-refractivity contribution is 5.35. The second-order valence-corrected chi connectivity index (χ2v) is 5.78. The topological polar surface area (TPSA) is 66.0 Å². The summed E-state index contributed by atoms with van der Waals surface area (Å²) in [6, 6.07) is 10.1. The molecule has 112 valence electrons. The van der Waals surface area contributed by atoms with E-state index in [4.69, 9.17) is 10.5 Å². The average Bonchev–Trinajstić information content (AvgIpc) is 3.01. The Bertz CT molecular complexity index is 610. The predicted molar refractivity (Wildman–Crippen MR) is 81.2 cm³/mol. The minimum atomic E-state index is 0.132. The summed E-state index contributed by atoms with van der Waals surface area (Å²) in [6.45, 7) is 6.81. The smallest absolute Gasteiger partial charge is 0.151 e. The van der Waals surface area contributed by atoms with E-state index in [0.29, 0.717) is 12.5 Å². The van der Waals surface area contributed by atoms with Crippen LogP contribution in [0, 0.1) is 5.92 Å². The van der Waals surface area contributed by atoms with Crippen LogP contribution in [0.15, 0.2) is 30.3 Å². The normalized spacial score (nSPS) is 29.0. The average molecular weight is 286 g/mol. The van der Waals surface area contributed by atoms with Crippen LogP contribution in [-0.2, 0) is 11.3 Å². The Morgan fingerprint density at radius 2 is 1.81 bits per heavy atom. The Labute approximate surface area is 125 Å². The van der Waals surface area contributed by atoms with Crippen LogP contribution in [0.25, 0.3) is 5.69 Å². The van der Waals surface area contributed by atoms with E-state index in [2.05, 4.69) is 47.7 Å². The Morgan fingerprint density at radius 3 is 2.38 bits per heavy atom. The summed E-state index contributed by atoms with van der Waals surface area (Å²) in [4.78, 5) is 0. The highest BCUT2D eigenvalue weighted by Gasteiger charge is 2.41. The van der Waals surface area contributed by atoms with Gasteiger partial charge < -0.3 is 10.5 Å². The van der Waals surface area contributed by atoms with Gasteiger partial charge in [0.1, 0.15) is 5.82 Å². The number of nitrogens with zero attached hydrogens (tertiary/aromatic N) is 3. The largest absolute Gasteiger partial charge is 0.374 e. The van der Waals surface area contributed by atoms with E-state index in [1.807, 2.05) is 18.2 Å². The fraction of sp³-hybridized carbons (Fsp3) is 0.500. The third kappa shape index (κ3) is 2.36. The molecule has 0 aliphatic carbocycles. The lowest BCUT2D eigenvalue weighted by Crippen LogP contribution is -2.20. The molecule has 0 amide bonds. The molecule has 1 aliphatic heterocycles. The van der Waals surface area contributed by atoms with Crippen molar-refractivity contribution in [2.75, 3.05) is 0 Å². The maximum Gasteiger partial charge on any atom is 0.151 e. The van der Waals surface area contributed by atoms with Crippen molar-refractivity contribution in [1.29, 1.82) is 0 Å². The van der Waals surface area contributed by atoms with Crippen LogP contribution in [0.4, 0.5) is 0 Å². The maximum atomic E-state index is 5.96. The molecule has 21 heavy (non-hydrogen) atoms. The van der Waals surface area contributed by atoms with E-state index < -0.39 is 0 Å². The van der Waals surface area contributed by atoms with Crippen molar-refractivity contribution >= 4 is 0 Å². The Morgan fingerprint density at radius 1 is 1.10 bits per heavy atom. The summed E-state index contributed by atoms with van der Waals surface area (Å²) in [5.74, 6) is 2.37. The van der Waals surface area contributed by atoms with Gasteiger partial charge in [0, 0.05) is 5.69 Å². The summed E-state index contributed by atoms with van der Waals surface area (Å²) < 4.78 is 8.04. The molecule has 5 nitrogen and oxygen atoms in total. The van der Waals surface area contributed by atoms with Crippen LogP contribution >= 0.6 is 0 Å². The Kier molecular flexibility index (Phi) is 3.78. The molecule has 1 aromatic heterocycles. The second kappa shape index (κ2) is 5.58. The first kappa shape index (κ1) is 14.2. The zero-order valence-corrected chi connectivity index (χ0v) is 12.7. The van der Waals surface area contributed by atoms with Crippen molar-refractivity contribution in [2.45, 2.75) is 45.4 Å². The van der Waals surface area contributed by atoms with E-state index in [0.717, 1.165) is 17.3 Å². The third-order valence-electron chi connectivity index (χ3n) is 4.49. The van der Waals surface area contributed by atoms with Gasteiger partial charge in [-0.15, -0.1) is 10.2 Å². The molecule has 1 fully saturated rings. The standard InChI is InChI=1S/C16H22N4O/c1-10-11(2)21-12(3)15(10)16-19-18-14(9-17)20(16)13-7-5-4-6-8-13/h4-8,10-12,15H,9,17H2,1-3H3. The van der Waals surface area contributed by atoms with Crippen LogP contribution in [0.1, 0.15) is 38.3 Å². The van der Waals surface area contributed by atoms with Gasteiger partial charge in [-0.1, -0.05) is 25.1 Å². The van der Waals surface area contributed by atoms with E-state index in [1.54, 1.807) is 0 Å². The lowest BCUT2D eigenvalue weighted by Gasteiger charge is -2.19. The molecule has 2 heterocycles. The summed E-state index contributed by atoms with van der Waals surface area (Å²) in [6.07, 6.45) is 0.361. The van der Waals surface area contributed by atoms with Crippen molar-refractivity contribution < 1.29 is 4.74 Å². The molecule has 4 unspecified atom stereocenters. The molecule has 1 saturated heterocycles. The minimum absolute atomic E-state index is 0.132. The predicted octanol–water partition coefficient (Wildman–Crippen LogP) is 2.25. The highest BCUT2D eigenvalue weighted by atomic mass is 16.5. The Balaban J connectivity index is 2.10. The summed E-state index contributed by atoms with van der Waals surface area (Å²) in [5.41, 5.74) is 6.89. The molecule has 0 bridgehead atoms. The molecule has 0 saturated carbocycles. The highest BCUT2D eigenvalue weighted by Crippen LogP contribution is 2.39. The van der Waals surface area contributed by atoms with Gasteiger partial charge in [0.05, 0.1) is 24.7 Å². The fourth-order valence-electron chi connectivity index (χ4n) is 3.25. The van der Waals surface area contributed by atoms with Gasteiger partial charge >= 0.3 is 0 Å². The van der Waals surface area contributed by atoms with Crippen molar-refractivity contribution in [3.63, 3.8) is 0 Å². The van der Waals surface area contributed by atoms with Crippen molar-refractivity contribution in [3.05, 3.63) is 42.0 Å². The van der Waals surface area contributed by atoms with E-state index >= 15 is 0 Å². The molecular weight excluding hydrogens is 264 g/mol. The van der Waals surface area contributed by atoms with Crippen molar-refractivity contribution in [1.82, 2.24) is 14.8 Å². The van der Waals surface area contributed by atoms with E-state index in [-0.39, 0.29) is 18.1 Å². The van der Waals surface area contributed by atoms with Gasteiger partial charge in [-0.25, -0.2) is 0 Å². The van der Waals surface area contributed by atoms with E-state index in [1.165, 1.54) is 0 Å². The molecule has 4 atom stereocenters. The lowest BCUT2D eigenvalue weighted by molar-refractivity contribution is 0.0552. The number of para-hydroxylation sites is 1. The maximum absolute atomic E-state index is 5.96. The van der Waals surface area contributed by atoms with Gasteiger partial charge in [0.15, 0.2) is 5.82 Å². The van der Waals surface area contributed by atoms with Gasteiger partial charge in [-0.3, -0.25) is 4.57 Å². The van der Waals surface area contributed by atoms with Gasteiger partial charge in [0.25, 0.3) is 0 Å². The number of rotatable bonds is 3. The minimum Gasteiger partial charge on any atom is -0.374 e. The molecule has 0 spiro atoms. The summed E-state index contributed by atoms with van der Waals surface area (Å²) >= 11 is 0. The van der Waals surface area contributed by atoms with Crippen LogP contribution in [-0.4, -0.2) is 27.0 Å². The third-order valence-corrected chi connectivity index (χ3v) is 4.49. The first-order valence-corrected chi connectivity index (χ1v) is 7.48. The summed E-state index contributed by atoms with van der Waals surface area (Å²) in [5, 5.41) is 8.72. The van der Waals surface area contributed by atoms with Crippen molar-refractivity contribution in [3.8, 4) is 5.69 Å². The number of hydrogen-bond donors (Lipinski definition) is 1. The van der Waals surface area contributed by atoms with Crippen molar-refractivity contribution in [2.24, 2.45) is 11.7 Å². The van der Waals surface area contributed by atoms with Gasteiger partial charge in [0.2, 0.25) is 0 Å². The van der Waals surface area contributed by atoms with Gasteiger partial charge in [-0.05, 0) is 31.9 Å². The molecule has 1 aliphatic rings. The molecule has 2 aromatic rings. The fourth-order valence-corrected chi connectivity index (χ4v) is 3.25. The number of benzene rings is 1. The zero-order chi connectivity index (χ0) is 15.0. The zero-order valence-electron chi connectivity index (χ0n) is 12.7. The van der Waals surface area contributed by atoms with Gasteiger partial charge in [-0.2, -0.15) is 0 Å². The Hall–Kier alpha value is -1.72. The van der Waals surface area contributed by atoms with Crippen LogP contribution in [0.3, 0.4) is 0 Å². The SMILES string of the molecule is CC1OC(C)C(c2nnc(CN)n2-c2ccccc2)C1C.